The Labute approximate surface area is 124 Å². The summed E-state index contributed by atoms with van der Waals surface area (Å²) in [6.45, 7) is 3.18. The second-order valence-electron chi connectivity index (χ2n) is 5.43. The molecule has 1 aliphatic rings. The first-order chi connectivity index (χ1) is 9.79. The van der Waals surface area contributed by atoms with Gasteiger partial charge >= 0.3 is 0 Å². The number of likely N-dealkylation sites (N-methyl/N-ethyl adjacent to an activating group) is 1. The molecule has 1 N–H and O–H groups in total. The van der Waals surface area contributed by atoms with Crippen LogP contribution in [0.15, 0.2) is 30.5 Å². The third kappa shape index (κ3) is 2.66. The van der Waals surface area contributed by atoms with Gasteiger partial charge < -0.3 is 5.32 Å². The van der Waals surface area contributed by atoms with Gasteiger partial charge in [-0.25, -0.2) is 0 Å². The number of hydrogen-bond donors (Lipinski definition) is 1. The Morgan fingerprint density at radius 1 is 1.40 bits per heavy atom. The number of fused-ring (bicyclic) bond motifs is 1. The molecule has 106 valence electrons. The molecule has 0 radical (unpaired) electrons. The van der Waals surface area contributed by atoms with Crippen molar-refractivity contribution in [1.82, 2.24) is 15.2 Å². The second kappa shape index (κ2) is 6.08. The van der Waals surface area contributed by atoms with Crippen LogP contribution in [0.1, 0.15) is 18.4 Å². The Hall–Kier alpha value is -1.16. The van der Waals surface area contributed by atoms with Crippen molar-refractivity contribution >= 4 is 22.5 Å². The maximum atomic E-state index is 6.26. The number of rotatable bonds is 4. The van der Waals surface area contributed by atoms with Crippen LogP contribution in [0.2, 0.25) is 5.02 Å². The molecule has 1 fully saturated rings. The summed E-state index contributed by atoms with van der Waals surface area (Å²) < 4.78 is 0. The Bertz CT molecular complexity index is 599. The molecular weight excluding hydrogens is 270 g/mol. The maximum Gasteiger partial charge on any atom is 0.0761 e. The molecule has 0 amide bonds. The number of halogens is 1. The van der Waals surface area contributed by atoms with Crippen LogP contribution >= 0.6 is 11.6 Å². The van der Waals surface area contributed by atoms with Crippen molar-refractivity contribution < 1.29 is 0 Å². The Morgan fingerprint density at radius 2 is 2.30 bits per heavy atom. The van der Waals surface area contributed by atoms with Crippen LogP contribution in [0.5, 0.6) is 0 Å². The summed E-state index contributed by atoms with van der Waals surface area (Å²) in [4.78, 5) is 7.08. The number of hydrogen-bond acceptors (Lipinski definition) is 3. The van der Waals surface area contributed by atoms with Crippen LogP contribution in [0.3, 0.4) is 0 Å². The monoisotopic (exact) mass is 289 g/mol. The molecule has 2 heterocycles. The standard InChI is InChI=1S/C16H20ClN3/c1-18-10-13-4-3-9-20(13)11-12-6-7-15(17)14-5-2-8-19-16(12)14/h2,5-8,13,18H,3-4,9-11H2,1H3. The van der Waals surface area contributed by atoms with Crippen LogP contribution in [0.4, 0.5) is 0 Å². The van der Waals surface area contributed by atoms with Gasteiger partial charge in [-0.05, 0) is 50.2 Å². The molecule has 1 atom stereocenters. The van der Waals surface area contributed by atoms with E-state index in [0.29, 0.717) is 6.04 Å². The number of likely N-dealkylation sites (tertiary alicyclic amines) is 1. The zero-order valence-corrected chi connectivity index (χ0v) is 12.5. The predicted octanol–water partition coefficient (Wildman–Crippen LogP) is 3.07. The van der Waals surface area contributed by atoms with Crippen molar-refractivity contribution in [1.29, 1.82) is 0 Å². The molecule has 0 spiro atoms. The molecule has 4 heteroatoms. The fourth-order valence-electron chi connectivity index (χ4n) is 3.11. The Kier molecular flexibility index (Phi) is 4.20. The van der Waals surface area contributed by atoms with Gasteiger partial charge in [0.15, 0.2) is 0 Å². The van der Waals surface area contributed by atoms with E-state index in [4.69, 9.17) is 11.6 Å². The van der Waals surface area contributed by atoms with Gasteiger partial charge in [0, 0.05) is 35.7 Å². The number of pyridine rings is 1. The molecule has 0 saturated carbocycles. The average Bonchev–Trinajstić information content (AvgIpc) is 2.90. The molecule has 1 unspecified atom stereocenters. The van der Waals surface area contributed by atoms with E-state index < -0.39 is 0 Å². The van der Waals surface area contributed by atoms with Crippen molar-refractivity contribution in [3.05, 3.63) is 41.0 Å². The quantitative estimate of drug-likeness (QED) is 0.937. The molecule has 3 rings (SSSR count). The lowest BCUT2D eigenvalue weighted by molar-refractivity contribution is 0.243. The summed E-state index contributed by atoms with van der Waals surface area (Å²) in [6, 6.07) is 8.73. The molecule has 3 nitrogen and oxygen atoms in total. The van der Waals surface area contributed by atoms with Gasteiger partial charge in [0.25, 0.3) is 0 Å². The van der Waals surface area contributed by atoms with E-state index in [-0.39, 0.29) is 0 Å². The zero-order chi connectivity index (χ0) is 13.9. The average molecular weight is 290 g/mol. The van der Waals surface area contributed by atoms with Crippen molar-refractivity contribution in [2.24, 2.45) is 0 Å². The normalized spacial score (nSPS) is 19.8. The van der Waals surface area contributed by atoms with E-state index in [1.807, 2.05) is 31.4 Å². The van der Waals surface area contributed by atoms with Crippen LogP contribution in [0, 0.1) is 0 Å². The molecule has 20 heavy (non-hydrogen) atoms. The van der Waals surface area contributed by atoms with Gasteiger partial charge in [0.05, 0.1) is 5.52 Å². The largest absolute Gasteiger partial charge is 0.318 e. The minimum absolute atomic E-state index is 0.634. The third-order valence-electron chi connectivity index (χ3n) is 4.11. The number of aromatic nitrogens is 1. The number of nitrogens with one attached hydrogen (secondary N) is 1. The SMILES string of the molecule is CNCC1CCCN1Cc1ccc(Cl)c2cccnc12. The number of nitrogens with zero attached hydrogens (tertiary/aromatic N) is 2. The first-order valence-electron chi connectivity index (χ1n) is 7.20. The Balaban J connectivity index is 1.89. The predicted molar refractivity (Wildman–Crippen MR) is 84.1 cm³/mol. The van der Waals surface area contributed by atoms with Gasteiger partial charge in [-0.15, -0.1) is 0 Å². The smallest absolute Gasteiger partial charge is 0.0761 e. The highest BCUT2D eigenvalue weighted by atomic mass is 35.5. The van der Waals surface area contributed by atoms with Gasteiger partial charge in [-0.1, -0.05) is 17.7 Å². The lowest BCUT2D eigenvalue weighted by atomic mass is 10.1. The molecule has 0 aliphatic carbocycles. The van der Waals surface area contributed by atoms with Crippen LogP contribution < -0.4 is 5.32 Å². The molecule has 1 saturated heterocycles. The molecule has 1 aliphatic heterocycles. The van der Waals surface area contributed by atoms with E-state index in [0.717, 1.165) is 29.0 Å². The minimum atomic E-state index is 0.634. The van der Waals surface area contributed by atoms with Crippen LogP contribution in [-0.2, 0) is 6.54 Å². The summed E-state index contributed by atoms with van der Waals surface area (Å²) in [6.07, 6.45) is 4.41. The minimum Gasteiger partial charge on any atom is -0.318 e. The summed E-state index contributed by atoms with van der Waals surface area (Å²) >= 11 is 6.26. The van der Waals surface area contributed by atoms with Gasteiger partial charge in [0.1, 0.15) is 0 Å². The molecule has 2 aromatic rings. The highest BCUT2D eigenvalue weighted by molar-refractivity contribution is 6.35. The fourth-order valence-corrected chi connectivity index (χ4v) is 3.33. The maximum absolute atomic E-state index is 6.26. The van der Waals surface area contributed by atoms with Crippen molar-refractivity contribution in [2.45, 2.75) is 25.4 Å². The Morgan fingerprint density at radius 3 is 3.15 bits per heavy atom. The van der Waals surface area contributed by atoms with Crippen molar-refractivity contribution in [3.63, 3.8) is 0 Å². The zero-order valence-electron chi connectivity index (χ0n) is 11.8. The lowest BCUT2D eigenvalue weighted by Gasteiger charge is -2.24. The van der Waals surface area contributed by atoms with E-state index >= 15 is 0 Å². The molecular formula is C16H20ClN3. The van der Waals surface area contributed by atoms with Gasteiger partial charge in [-0.2, -0.15) is 0 Å². The summed E-state index contributed by atoms with van der Waals surface area (Å²) in [5, 5.41) is 5.13. The van der Waals surface area contributed by atoms with Crippen LogP contribution in [-0.4, -0.2) is 36.1 Å². The summed E-state index contributed by atoms with van der Waals surface area (Å²) in [7, 11) is 2.02. The van der Waals surface area contributed by atoms with E-state index in [1.165, 1.54) is 24.9 Å². The fraction of sp³-hybridized carbons (Fsp3) is 0.438. The summed E-state index contributed by atoms with van der Waals surface area (Å²) in [5.41, 5.74) is 2.31. The van der Waals surface area contributed by atoms with Crippen molar-refractivity contribution in [3.8, 4) is 0 Å². The van der Waals surface area contributed by atoms with Gasteiger partial charge in [-0.3, -0.25) is 9.88 Å². The lowest BCUT2D eigenvalue weighted by Crippen LogP contribution is -2.36. The van der Waals surface area contributed by atoms with Crippen LogP contribution in [0.25, 0.3) is 10.9 Å². The topological polar surface area (TPSA) is 28.2 Å². The highest BCUT2D eigenvalue weighted by Crippen LogP contribution is 2.27. The van der Waals surface area contributed by atoms with Crippen molar-refractivity contribution in [2.75, 3.05) is 20.1 Å². The highest BCUT2D eigenvalue weighted by Gasteiger charge is 2.24. The first kappa shape index (κ1) is 13.8. The number of benzene rings is 1. The summed E-state index contributed by atoms with van der Waals surface area (Å²) in [5.74, 6) is 0. The molecule has 1 aromatic carbocycles. The molecule has 1 aromatic heterocycles. The second-order valence-corrected chi connectivity index (χ2v) is 5.84. The third-order valence-corrected chi connectivity index (χ3v) is 4.44. The van der Waals surface area contributed by atoms with E-state index in [1.54, 1.807) is 0 Å². The first-order valence-corrected chi connectivity index (χ1v) is 7.58. The van der Waals surface area contributed by atoms with E-state index in [2.05, 4.69) is 21.3 Å². The van der Waals surface area contributed by atoms with E-state index in [9.17, 15) is 0 Å². The molecule has 0 bridgehead atoms. The van der Waals surface area contributed by atoms with Gasteiger partial charge in [0.2, 0.25) is 0 Å².